The van der Waals surface area contributed by atoms with E-state index < -0.39 is 51.2 Å². The Morgan fingerprint density at radius 2 is 2.25 bits per heavy atom. The van der Waals surface area contributed by atoms with Crippen molar-refractivity contribution in [1.29, 1.82) is 0 Å². The summed E-state index contributed by atoms with van der Waals surface area (Å²) in [7, 11) is -3.25. The zero-order chi connectivity index (χ0) is 20.6. The molecule has 1 saturated heterocycles. The van der Waals surface area contributed by atoms with E-state index >= 15 is 0 Å². The summed E-state index contributed by atoms with van der Waals surface area (Å²) in [6.07, 6.45) is 2.98. The molecule has 4 unspecified atom stereocenters. The van der Waals surface area contributed by atoms with Gasteiger partial charge in [0.15, 0.2) is 22.5 Å². The number of imidazole rings is 1. The molecule has 2 aliphatic rings. The third kappa shape index (κ3) is 3.54. The van der Waals surface area contributed by atoms with E-state index in [9.17, 15) is 25.0 Å². The van der Waals surface area contributed by atoms with Gasteiger partial charge in [-0.05, 0) is 26.2 Å². The van der Waals surface area contributed by atoms with E-state index in [1.807, 2.05) is 0 Å². The van der Waals surface area contributed by atoms with Gasteiger partial charge in [-0.25, -0.2) is 14.8 Å². The van der Waals surface area contributed by atoms with E-state index in [0.29, 0.717) is 19.3 Å². The zero-order valence-corrected chi connectivity index (χ0v) is 17.2. The molecule has 7 atom stereocenters. The molecule has 2 heterocycles. The van der Waals surface area contributed by atoms with Crippen molar-refractivity contribution >= 4 is 22.7 Å². The second-order valence-corrected chi connectivity index (χ2v) is 10.7. The first-order chi connectivity index (χ1) is 13.2. The van der Waals surface area contributed by atoms with Gasteiger partial charge in [0.1, 0.15) is 14.3 Å². The number of aromatic nitrogens is 2. The van der Waals surface area contributed by atoms with Crippen LogP contribution in [0.15, 0.2) is 18.7 Å². The molecule has 0 amide bonds. The smallest absolute Gasteiger partial charge is 0.201 e. The predicted molar refractivity (Wildman–Crippen MR) is 98.9 cm³/mol. The normalized spacial score (nSPS) is 32.5. The summed E-state index contributed by atoms with van der Waals surface area (Å²) in [4.78, 5) is 38.2. The maximum absolute atomic E-state index is 12.5. The van der Waals surface area contributed by atoms with Crippen LogP contribution in [-0.2, 0) is 25.6 Å². The van der Waals surface area contributed by atoms with Gasteiger partial charge in [-0.3, -0.25) is 4.79 Å². The number of Topliss-reactive ketones (excluding diaryl/α,β-unsaturated/α-hetero) is 1. The number of aliphatic hydroxyl groups is 3. The van der Waals surface area contributed by atoms with Gasteiger partial charge >= 0.3 is 0 Å². The van der Waals surface area contributed by atoms with Crippen LogP contribution in [0.25, 0.3) is 0 Å². The second kappa shape index (κ2) is 8.28. The Hall–Kier alpha value is -0.580. The lowest BCUT2D eigenvalue weighted by molar-refractivity contribution is -0.502. The summed E-state index contributed by atoms with van der Waals surface area (Å²) < 4.78 is 6.76. The lowest BCUT2D eigenvalue weighted by Crippen LogP contribution is -2.69. The van der Waals surface area contributed by atoms with Crippen molar-refractivity contribution in [3.05, 3.63) is 18.7 Å². The number of fused-ring (bicyclic) bond motifs is 1. The number of rotatable bonds is 10. The van der Waals surface area contributed by atoms with Crippen molar-refractivity contribution in [2.75, 3.05) is 6.54 Å². The molecule has 1 aliphatic carbocycles. The van der Waals surface area contributed by atoms with Crippen LogP contribution in [0.1, 0.15) is 26.2 Å². The number of hydrogen-bond acceptors (Lipinski definition) is 10. The second-order valence-electron chi connectivity index (χ2n) is 6.97. The van der Waals surface area contributed by atoms with Crippen LogP contribution in [0, 0.1) is 0 Å². The molecule has 6 N–H and O–H groups in total. The highest BCUT2D eigenvalue weighted by molar-refractivity contribution is 7.65. The van der Waals surface area contributed by atoms with Crippen molar-refractivity contribution in [2.45, 2.75) is 61.2 Å². The topological polar surface area (TPSA) is 170 Å². The number of ketones is 1. The standard InChI is InChI=1S/C15H25N3O8P2/c1-10(19)12(21)24-27-15(22,8-18-6-5-17-9-18)28(23)14-4-2-3-13(14,25-26-14)11(20)7-16/h5-6,9-10,12,19,21-23,27H,2-4,7-8,16H2,1H3/t10-,12?,13?,14-,15?,28+/m0/s1. The van der Waals surface area contributed by atoms with Crippen molar-refractivity contribution in [3.8, 4) is 0 Å². The minimum absolute atomic E-state index is 0.127. The molecule has 1 aromatic heterocycles. The zero-order valence-electron chi connectivity index (χ0n) is 15.3. The fourth-order valence-corrected chi connectivity index (χ4v) is 7.29. The summed E-state index contributed by atoms with van der Waals surface area (Å²) in [5.41, 5.74) is 4.12. The van der Waals surface area contributed by atoms with Gasteiger partial charge in [0.05, 0.1) is 28.2 Å². The molecule has 11 nitrogen and oxygen atoms in total. The average molecular weight is 437 g/mol. The first kappa shape index (κ1) is 22.1. The van der Waals surface area contributed by atoms with E-state index in [2.05, 4.69) is 4.98 Å². The Bertz CT molecular complexity index is 695. The van der Waals surface area contributed by atoms with Crippen LogP contribution in [0.2, 0.25) is 0 Å². The molecule has 28 heavy (non-hydrogen) atoms. The quantitative estimate of drug-likeness (QED) is 0.180. The highest BCUT2D eigenvalue weighted by atomic mass is 31.2. The average Bonchev–Trinajstić information content (AvgIpc) is 3.25. The Morgan fingerprint density at radius 3 is 2.79 bits per heavy atom. The number of aliphatic hydroxyl groups excluding tert-OH is 2. The molecule has 1 saturated carbocycles. The molecule has 0 bridgehead atoms. The highest BCUT2D eigenvalue weighted by Gasteiger charge is 2.76. The molecule has 0 aromatic carbocycles. The molecule has 1 aliphatic heterocycles. The van der Waals surface area contributed by atoms with Gasteiger partial charge in [0.2, 0.25) is 5.60 Å². The molecule has 13 heteroatoms. The lowest BCUT2D eigenvalue weighted by atomic mass is 9.92. The van der Waals surface area contributed by atoms with Crippen molar-refractivity contribution in [2.24, 2.45) is 5.73 Å². The third-order valence-electron chi connectivity index (χ3n) is 5.04. The van der Waals surface area contributed by atoms with E-state index in [1.54, 1.807) is 6.20 Å². The van der Waals surface area contributed by atoms with E-state index in [4.69, 9.17) is 20.0 Å². The van der Waals surface area contributed by atoms with Gasteiger partial charge in [-0.15, -0.1) is 0 Å². The van der Waals surface area contributed by atoms with Crippen LogP contribution in [0.4, 0.5) is 0 Å². The maximum Gasteiger partial charge on any atom is 0.201 e. The fourth-order valence-electron chi connectivity index (χ4n) is 3.51. The van der Waals surface area contributed by atoms with Crippen molar-refractivity contribution in [3.63, 3.8) is 0 Å². The van der Waals surface area contributed by atoms with Gasteiger partial charge in [-0.1, -0.05) is 0 Å². The van der Waals surface area contributed by atoms with E-state index in [0.717, 1.165) is 0 Å². The van der Waals surface area contributed by atoms with Crippen LogP contribution in [0.5, 0.6) is 0 Å². The summed E-state index contributed by atoms with van der Waals surface area (Å²) in [6, 6.07) is 0. The summed E-state index contributed by atoms with van der Waals surface area (Å²) in [5, 5.41) is 27.3. The minimum Gasteiger partial charge on any atom is -0.388 e. The monoisotopic (exact) mass is 437 g/mol. The van der Waals surface area contributed by atoms with Crippen molar-refractivity contribution < 1.29 is 39.3 Å². The predicted octanol–water partition coefficient (Wildman–Crippen LogP) is -0.664. The SMILES string of the molecule is C[C@H](O)C(O)OPC(O)(Cn1ccnc1)[P@](O)[C@@]12CCCC1(C(=O)CN)OO2. The molecular formula is C15H25N3O8P2. The van der Waals surface area contributed by atoms with Gasteiger partial charge in [0.25, 0.3) is 0 Å². The van der Waals surface area contributed by atoms with Crippen LogP contribution < -0.4 is 5.73 Å². The van der Waals surface area contributed by atoms with E-state index in [1.165, 1.54) is 24.0 Å². The van der Waals surface area contributed by atoms with Crippen molar-refractivity contribution in [1.82, 2.24) is 9.55 Å². The number of hydrogen-bond donors (Lipinski definition) is 5. The number of nitrogens with two attached hydrogens (primary N) is 1. The number of nitrogens with zero attached hydrogens (tertiary/aromatic N) is 2. The molecular weight excluding hydrogens is 412 g/mol. The number of carbonyl (C=O) groups excluding carboxylic acids is 1. The molecule has 2 fully saturated rings. The third-order valence-corrected chi connectivity index (χ3v) is 8.98. The minimum atomic E-state index is -2.43. The largest absolute Gasteiger partial charge is 0.388 e. The highest BCUT2D eigenvalue weighted by Crippen LogP contribution is 2.74. The van der Waals surface area contributed by atoms with Gasteiger partial charge in [-0.2, -0.15) is 0 Å². The van der Waals surface area contributed by atoms with E-state index in [-0.39, 0.29) is 13.1 Å². The Morgan fingerprint density at radius 1 is 1.50 bits per heavy atom. The van der Waals surface area contributed by atoms with Crippen LogP contribution in [0.3, 0.4) is 0 Å². The molecule has 0 radical (unpaired) electrons. The molecule has 3 rings (SSSR count). The van der Waals surface area contributed by atoms with Crippen LogP contribution >= 0.6 is 17.0 Å². The van der Waals surface area contributed by atoms with Crippen LogP contribution in [-0.4, -0.2) is 70.5 Å². The molecule has 158 valence electrons. The summed E-state index contributed by atoms with van der Waals surface area (Å²) >= 11 is 0. The van der Waals surface area contributed by atoms with Gasteiger partial charge in [0, 0.05) is 12.4 Å². The maximum atomic E-state index is 12.5. The first-order valence-electron chi connectivity index (χ1n) is 8.77. The van der Waals surface area contributed by atoms with Gasteiger partial charge < -0.3 is 35.0 Å². The first-order valence-corrected chi connectivity index (χ1v) is 11.0. The summed E-state index contributed by atoms with van der Waals surface area (Å²) in [6.45, 7) is 0.918. The Labute approximate surface area is 164 Å². The number of carbonyl (C=O) groups is 1. The Kier molecular flexibility index (Phi) is 6.54. The molecule has 0 spiro atoms. The lowest BCUT2D eigenvalue weighted by Gasteiger charge is -2.55. The Balaban J connectivity index is 1.89. The fraction of sp³-hybridized carbons (Fsp3) is 0.733. The molecule has 1 aromatic rings. The summed E-state index contributed by atoms with van der Waals surface area (Å²) in [5.74, 6) is -0.406.